The molecule has 23 heavy (non-hydrogen) atoms. The van der Waals surface area contributed by atoms with Crippen LogP contribution in [0.2, 0.25) is 5.02 Å². The highest BCUT2D eigenvalue weighted by Gasteiger charge is 2.14. The van der Waals surface area contributed by atoms with Crippen LogP contribution in [0.25, 0.3) is 0 Å². The molecule has 0 saturated carbocycles. The molecule has 0 fully saturated rings. The van der Waals surface area contributed by atoms with E-state index in [0.717, 1.165) is 24.6 Å². The maximum Gasteiger partial charge on any atom is 0.266 e. The lowest BCUT2D eigenvalue weighted by Gasteiger charge is -2.09. The zero-order chi connectivity index (χ0) is 17.2. The number of halogens is 3. The standard InChI is InChI=1S/C13H10ClF2N3O3S/c1-23(21,22)19-13(20)7-4-9(14)12(17-6-7)18-8-2-3-10(15)11(16)5-8/h2-6H,1H3,(H,17,18)(H,19,20). The summed E-state index contributed by atoms with van der Waals surface area (Å²) in [6.45, 7) is 0. The minimum atomic E-state index is -3.72. The molecule has 122 valence electrons. The molecule has 0 aliphatic rings. The normalized spacial score (nSPS) is 11.1. The molecule has 1 aromatic heterocycles. The van der Waals surface area contributed by atoms with Crippen molar-refractivity contribution in [3.63, 3.8) is 0 Å². The second kappa shape index (κ2) is 6.47. The Labute approximate surface area is 135 Å². The molecule has 2 N–H and O–H groups in total. The second-order valence-electron chi connectivity index (χ2n) is 4.51. The van der Waals surface area contributed by atoms with E-state index in [0.29, 0.717) is 0 Å². The number of carbonyl (C=O) groups excluding carboxylic acids is 1. The molecule has 0 radical (unpaired) electrons. The Bertz CT molecular complexity index is 875. The highest BCUT2D eigenvalue weighted by molar-refractivity contribution is 7.89. The van der Waals surface area contributed by atoms with Gasteiger partial charge in [0.2, 0.25) is 10.0 Å². The van der Waals surface area contributed by atoms with Crippen LogP contribution in [0, 0.1) is 11.6 Å². The smallest absolute Gasteiger partial charge is 0.266 e. The van der Waals surface area contributed by atoms with Crippen molar-refractivity contribution in [3.05, 3.63) is 52.7 Å². The number of pyridine rings is 1. The van der Waals surface area contributed by atoms with Crippen LogP contribution in [0.5, 0.6) is 0 Å². The van der Waals surface area contributed by atoms with Gasteiger partial charge >= 0.3 is 0 Å². The Morgan fingerprint density at radius 1 is 1.22 bits per heavy atom. The van der Waals surface area contributed by atoms with E-state index in [-0.39, 0.29) is 22.1 Å². The SMILES string of the molecule is CS(=O)(=O)NC(=O)c1cnc(Nc2ccc(F)c(F)c2)c(Cl)c1. The van der Waals surface area contributed by atoms with Gasteiger partial charge in [-0.3, -0.25) is 4.79 Å². The monoisotopic (exact) mass is 361 g/mol. The zero-order valence-electron chi connectivity index (χ0n) is 11.6. The third kappa shape index (κ3) is 4.60. The molecule has 6 nitrogen and oxygen atoms in total. The summed E-state index contributed by atoms with van der Waals surface area (Å²) in [6, 6.07) is 4.31. The van der Waals surface area contributed by atoms with Crippen molar-refractivity contribution >= 4 is 39.0 Å². The summed E-state index contributed by atoms with van der Waals surface area (Å²) in [5.41, 5.74) is 0.128. The van der Waals surface area contributed by atoms with Gasteiger partial charge < -0.3 is 5.32 Å². The molecule has 1 heterocycles. The first-order valence-electron chi connectivity index (χ1n) is 6.05. The maximum atomic E-state index is 13.1. The fourth-order valence-corrected chi connectivity index (χ4v) is 2.26. The van der Waals surface area contributed by atoms with Crippen LogP contribution in [0.4, 0.5) is 20.3 Å². The van der Waals surface area contributed by atoms with Gasteiger partial charge in [0, 0.05) is 18.0 Å². The molecule has 10 heteroatoms. The minimum absolute atomic E-state index is 0.00381. The van der Waals surface area contributed by atoms with E-state index in [1.807, 2.05) is 0 Å². The van der Waals surface area contributed by atoms with Crippen LogP contribution in [-0.4, -0.2) is 25.6 Å². The number of aromatic nitrogens is 1. The number of amides is 1. The van der Waals surface area contributed by atoms with Crippen molar-refractivity contribution in [2.45, 2.75) is 0 Å². The first-order valence-corrected chi connectivity index (χ1v) is 8.32. The van der Waals surface area contributed by atoms with Gasteiger partial charge in [0.15, 0.2) is 11.6 Å². The van der Waals surface area contributed by atoms with Crippen LogP contribution in [0.1, 0.15) is 10.4 Å². The topological polar surface area (TPSA) is 88.2 Å². The van der Waals surface area contributed by atoms with E-state index in [4.69, 9.17) is 11.6 Å². The van der Waals surface area contributed by atoms with Gasteiger partial charge in [0.25, 0.3) is 5.91 Å². The maximum absolute atomic E-state index is 13.1. The highest BCUT2D eigenvalue weighted by Crippen LogP contribution is 2.25. The third-order valence-corrected chi connectivity index (χ3v) is 3.41. The van der Waals surface area contributed by atoms with Crippen molar-refractivity contribution in [1.82, 2.24) is 9.71 Å². The predicted octanol–water partition coefficient (Wildman–Crippen LogP) is 2.45. The molecule has 1 aromatic carbocycles. The van der Waals surface area contributed by atoms with Crippen molar-refractivity contribution < 1.29 is 22.0 Å². The fourth-order valence-electron chi connectivity index (χ4n) is 1.59. The number of hydrogen-bond acceptors (Lipinski definition) is 5. The fraction of sp³-hybridized carbons (Fsp3) is 0.0769. The van der Waals surface area contributed by atoms with Gasteiger partial charge in [-0.1, -0.05) is 11.6 Å². The van der Waals surface area contributed by atoms with Gasteiger partial charge in [-0.2, -0.15) is 0 Å². The Morgan fingerprint density at radius 2 is 1.91 bits per heavy atom. The quantitative estimate of drug-likeness (QED) is 0.873. The predicted molar refractivity (Wildman–Crippen MR) is 81.2 cm³/mol. The molecular weight excluding hydrogens is 352 g/mol. The largest absolute Gasteiger partial charge is 0.339 e. The molecular formula is C13H10ClF2N3O3S. The van der Waals surface area contributed by atoms with Gasteiger partial charge in [-0.15, -0.1) is 0 Å². The Hall–Kier alpha value is -2.26. The van der Waals surface area contributed by atoms with E-state index in [2.05, 4.69) is 10.3 Å². The average molecular weight is 362 g/mol. The summed E-state index contributed by atoms with van der Waals surface area (Å²) in [7, 11) is -3.72. The Balaban J connectivity index is 2.22. The number of carbonyl (C=O) groups is 1. The van der Waals surface area contributed by atoms with Gasteiger partial charge in [0.1, 0.15) is 5.82 Å². The van der Waals surface area contributed by atoms with Crippen LogP contribution in [0.15, 0.2) is 30.5 Å². The summed E-state index contributed by atoms with van der Waals surface area (Å²) < 4.78 is 49.8. The highest BCUT2D eigenvalue weighted by atomic mass is 35.5. The van der Waals surface area contributed by atoms with Crippen molar-refractivity contribution in [1.29, 1.82) is 0 Å². The number of anilines is 2. The lowest BCUT2D eigenvalue weighted by Crippen LogP contribution is -2.29. The van der Waals surface area contributed by atoms with Crippen LogP contribution in [-0.2, 0) is 10.0 Å². The molecule has 0 spiro atoms. The molecule has 0 unspecified atom stereocenters. The summed E-state index contributed by atoms with van der Waals surface area (Å²) >= 11 is 5.94. The number of nitrogens with one attached hydrogen (secondary N) is 2. The van der Waals surface area contributed by atoms with Gasteiger partial charge in [0.05, 0.1) is 16.8 Å². The number of sulfonamides is 1. The average Bonchev–Trinajstić information content (AvgIpc) is 2.43. The molecule has 2 aromatic rings. The summed E-state index contributed by atoms with van der Waals surface area (Å²) in [4.78, 5) is 15.5. The van der Waals surface area contributed by atoms with Crippen molar-refractivity contribution in [2.75, 3.05) is 11.6 Å². The summed E-state index contributed by atoms with van der Waals surface area (Å²) in [6.07, 6.45) is 1.92. The number of benzene rings is 1. The van der Waals surface area contributed by atoms with E-state index in [1.54, 1.807) is 4.72 Å². The lowest BCUT2D eigenvalue weighted by atomic mass is 10.2. The van der Waals surface area contributed by atoms with Gasteiger partial charge in [-0.25, -0.2) is 26.9 Å². The van der Waals surface area contributed by atoms with E-state index in [9.17, 15) is 22.0 Å². The lowest BCUT2D eigenvalue weighted by molar-refractivity contribution is 0.0981. The zero-order valence-corrected chi connectivity index (χ0v) is 13.2. The number of rotatable bonds is 4. The van der Waals surface area contributed by atoms with E-state index >= 15 is 0 Å². The summed E-state index contributed by atoms with van der Waals surface area (Å²) in [5.74, 6) is -2.84. The van der Waals surface area contributed by atoms with Crippen LogP contribution >= 0.6 is 11.6 Å². The molecule has 1 amide bonds. The number of nitrogens with zero attached hydrogens (tertiary/aromatic N) is 1. The van der Waals surface area contributed by atoms with Gasteiger partial charge in [-0.05, 0) is 18.2 Å². The van der Waals surface area contributed by atoms with Crippen LogP contribution in [0.3, 0.4) is 0 Å². The first-order chi connectivity index (χ1) is 10.7. The molecule has 0 aliphatic heterocycles. The van der Waals surface area contributed by atoms with E-state index < -0.39 is 27.6 Å². The van der Waals surface area contributed by atoms with Crippen molar-refractivity contribution in [2.24, 2.45) is 0 Å². The Morgan fingerprint density at radius 3 is 2.48 bits per heavy atom. The third-order valence-electron chi connectivity index (χ3n) is 2.56. The first kappa shape index (κ1) is 17.1. The second-order valence-corrected chi connectivity index (χ2v) is 6.67. The molecule has 0 atom stereocenters. The molecule has 2 rings (SSSR count). The number of hydrogen-bond donors (Lipinski definition) is 2. The molecule has 0 saturated heterocycles. The summed E-state index contributed by atoms with van der Waals surface area (Å²) in [5, 5.41) is 2.65. The van der Waals surface area contributed by atoms with E-state index in [1.165, 1.54) is 12.1 Å². The van der Waals surface area contributed by atoms with Crippen LogP contribution < -0.4 is 10.0 Å². The molecule has 0 aliphatic carbocycles. The Kier molecular flexibility index (Phi) is 4.81. The molecule has 0 bridgehead atoms. The van der Waals surface area contributed by atoms with Crippen molar-refractivity contribution in [3.8, 4) is 0 Å². The minimum Gasteiger partial charge on any atom is -0.339 e.